The normalized spacial score (nSPS) is 11.7. The summed E-state index contributed by atoms with van der Waals surface area (Å²) in [4.78, 5) is 16.4. The SMILES string of the molecule is CCOc1ccc(NC(=O)N[C@H](CC)c2cc(C)ccn2)c(F)c1. The topological polar surface area (TPSA) is 63.2 Å². The van der Waals surface area contributed by atoms with Gasteiger partial charge in [-0.25, -0.2) is 9.18 Å². The van der Waals surface area contributed by atoms with E-state index in [0.717, 1.165) is 11.3 Å². The Hall–Kier alpha value is -2.63. The second-order valence-electron chi connectivity index (χ2n) is 5.39. The Labute approximate surface area is 141 Å². The lowest BCUT2D eigenvalue weighted by molar-refractivity contribution is 0.248. The summed E-state index contributed by atoms with van der Waals surface area (Å²) in [7, 11) is 0. The van der Waals surface area contributed by atoms with Crippen molar-refractivity contribution in [2.45, 2.75) is 33.2 Å². The third kappa shape index (κ3) is 4.68. The molecule has 1 atom stereocenters. The summed E-state index contributed by atoms with van der Waals surface area (Å²) in [6, 6.07) is 7.44. The molecule has 0 aliphatic heterocycles. The number of benzene rings is 1. The number of carbonyl (C=O) groups excluding carboxylic acids is 1. The number of nitrogens with zero attached hydrogens (tertiary/aromatic N) is 1. The standard InChI is InChI=1S/C18H22FN3O2/c1-4-15(17-10-12(3)8-9-20-17)21-18(23)22-16-7-6-13(24-5-2)11-14(16)19/h6-11,15H,4-5H2,1-3H3,(H2,21,22,23)/t15-/m1/s1. The fourth-order valence-corrected chi connectivity index (χ4v) is 2.31. The molecule has 1 aromatic carbocycles. The molecule has 0 radical (unpaired) electrons. The molecule has 0 aliphatic carbocycles. The Bertz CT molecular complexity index is 706. The van der Waals surface area contributed by atoms with Gasteiger partial charge in [0.1, 0.15) is 11.6 Å². The third-order valence-electron chi connectivity index (χ3n) is 3.51. The van der Waals surface area contributed by atoms with Gasteiger partial charge in [0, 0.05) is 12.3 Å². The van der Waals surface area contributed by atoms with Crippen molar-refractivity contribution in [1.82, 2.24) is 10.3 Å². The first kappa shape index (κ1) is 17.7. The second-order valence-corrected chi connectivity index (χ2v) is 5.39. The minimum absolute atomic E-state index is 0.100. The molecule has 6 heteroatoms. The maximum atomic E-state index is 14.0. The Kier molecular flexibility index (Phi) is 6.12. The van der Waals surface area contributed by atoms with Crippen LogP contribution in [0, 0.1) is 12.7 Å². The number of nitrogens with one attached hydrogen (secondary N) is 2. The van der Waals surface area contributed by atoms with Crippen LogP contribution in [0.4, 0.5) is 14.9 Å². The fourth-order valence-electron chi connectivity index (χ4n) is 2.31. The highest BCUT2D eigenvalue weighted by Crippen LogP contribution is 2.21. The number of carbonyl (C=O) groups is 1. The van der Waals surface area contributed by atoms with Crippen molar-refractivity contribution in [1.29, 1.82) is 0 Å². The van der Waals surface area contributed by atoms with Crippen LogP contribution in [-0.2, 0) is 0 Å². The monoisotopic (exact) mass is 331 g/mol. The average Bonchev–Trinajstić information content (AvgIpc) is 2.55. The number of hydrogen-bond donors (Lipinski definition) is 2. The molecule has 0 saturated carbocycles. The summed E-state index contributed by atoms with van der Waals surface area (Å²) in [6.45, 7) is 6.19. The van der Waals surface area contributed by atoms with Crippen LogP contribution >= 0.6 is 0 Å². The van der Waals surface area contributed by atoms with Crippen molar-refractivity contribution >= 4 is 11.7 Å². The van der Waals surface area contributed by atoms with E-state index in [-0.39, 0.29) is 11.7 Å². The molecule has 0 unspecified atom stereocenters. The summed E-state index contributed by atoms with van der Waals surface area (Å²) < 4.78 is 19.2. The quantitative estimate of drug-likeness (QED) is 0.834. The molecular weight excluding hydrogens is 309 g/mol. The van der Waals surface area contributed by atoms with Crippen molar-refractivity contribution < 1.29 is 13.9 Å². The lowest BCUT2D eigenvalue weighted by Crippen LogP contribution is -2.33. The minimum Gasteiger partial charge on any atom is -0.494 e. The van der Waals surface area contributed by atoms with E-state index in [1.807, 2.05) is 32.9 Å². The number of halogens is 1. The predicted octanol–water partition coefficient (Wildman–Crippen LogP) is 4.20. The Morgan fingerprint density at radius 3 is 2.71 bits per heavy atom. The van der Waals surface area contributed by atoms with Gasteiger partial charge in [-0.15, -0.1) is 0 Å². The average molecular weight is 331 g/mol. The van der Waals surface area contributed by atoms with Gasteiger partial charge in [-0.05, 0) is 50.1 Å². The molecule has 5 nitrogen and oxygen atoms in total. The van der Waals surface area contributed by atoms with Crippen LogP contribution in [0.25, 0.3) is 0 Å². The van der Waals surface area contributed by atoms with Gasteiger partial charge >= 0.3 is 6.03 Å². The van der Waals surface area contributed by atoms with Crippen molar-refractivity contribution in [3.05, 3.63) is 53.6 Å². The molecule has 1 aromatic heterocycles. The van der Waals surface area contributed by atoms with E-state index in [2.05, 4.69) is 15.6 Å². The van der Waals surface area contributed by atoms with Crippen LogP contribution in [0.2, 0.25) is 0 Å². The summed E-state index contributed by atoms with van der Waals surface area (Å²) in [5.41, 5.74) is 1.95. The smallest absolute Gasteiger partial charge is 0.319 e. The van der Waals surface area contributed by atoms with Gasteiger partial charge in [-0.2, -0.15) is 0 Å². The zero-order valence-electron chi connectivity index (χ0n) is 14.1. The van der Waals surface area contributed by atoms with Crippen molar-refractivity contribution in [3.8, 4) is 5.75 Å². The van der Waals surface area contributed by atoms with E-state index in [0.29, 0.717) is 18.8 Å². The van der Waals surface area contributed by atoms with Gasteiger partial charge in [-0.1, -0.05) is 6.92 Å². The maximum absolute atomic E-state index is 14.0. The number of anilines is 1. The van der Waals surface area contributed by atoms with Gasteiger partial charge in [0.15, 0.2) is 0 Å². The number of ether oxygens (including phenoxy) is 1. The molecule has 1 heterocycles. The van der Waals surface area contributed by atoms with E-state index >= 15 is 0 Å². The highest BCUT2D eigenvalue weighted by molar-refractivity contribution is 5.89. The first-order valence-electron chi connectivity index (χ1n) is 7.95. The number of urea groups is 1. The molecule has 2 N–H and O–H groups in total. The highest BCUT2D eigenvalue weighted by atomic mass is 19.1. The van der Waals surface area contributed by atoms with Crippen molar-refractivity contribution in [2.24, 2.45) is 0 Å². The maximum Gasteiger partial charge on any atom is 0.319 e. The minimum atomic E-state index is -0.544. The van der Waals surface area contributed by atoms with Crippen LogP contribution in [0.3, 0.4) is 0 Å². The number of pyridine rings is 1. The van der Waals surface area contributed by atoms with Crippen LogP contribution < -0.4 is 15.4 Å². The molecule has 0 bridgehead atoms. The predicted molar refractivity (Wildman–Crippen MR) is 91.7 cm³/mol. The van der Waals surface area contributed by atoms with Crippen molar-refractivity contribution in [2.75, 3.05) is 11.9 Å². The number of rotatable bonds is 6. The molecule has 2 amide bonds. The summed E-state index contributed by atoms with van der Waals surface area (Å²) in [6.07, 6.45) is 2.38. The lowest BCUT2D eigenvalue weighted by Gasteiger charge is -2.17. The first-order chi connectivity index (χ1) is 11.5. The van der Waals surface area contributed by atoms with Gasteiger partial charge in [0.2, 0.25) is 0 Å². The molecule has 128 valence electrons. The fraction of sp³-hybridized carbons (Fsp3) is 0.333. The largest absolute Gasteiger partial charge is 0.494 e. The molecular formula is C18H22FN3O2. The van der Waals surface area contributed by atoms with E-state index in [9.17, 15) is 9.18 Å². The third-order valence-corrected chi connectivity index (χ3v) is 3.51. The summed E-state index contributed by atoms with van der Waals surface area (Å²) >= 11 is 0. The summed E-state index contributed by atoms with van der Waals surface area (Å²) in [5, 5.41) is 5.34. The highest BCUT2D eigenvalue weighted by Gasteiger charge is 2.15. The van der Waals surface area contributed by atoms with Crippen LogP contribution in [0.15, 0.2) is 36.5 Å². The molecule has 0 aliphatic rings. The number of hydrogen-bond acceptors (Lipinski definition) is 3. The van der Waals surface area contributed by atoms with Gasteiger partial charge in [-0.3, -0.25) is 4.98 Å². The number of aromatic nitrogens is 1. The second kappa shape index (κ2) is 8.29. The Morgan fingerprint density at radius 2 is 2.08 bits per heavy atom. The zero-order valence-corrected chi connectivity index (χ0v) is 14.1. The van der Waals surface area contributed by atoms with E-state index < -0.39 is 11.8 Å². The zero-order chi connectivity index (χ0) is 17.5. The van der Waals surface area contributed by atoms with Gasteiger partial charge in [0.25, 0.3) is 0 Å². The van der Waals surface area contributed by atoms with Gasteiger partial charge in [0.05, 0.1) is 24.0 Å². The number of aryl methyl sites for hydroxylation is 1. The van der Waals surface area contributed by atoms with Crippen LogP contribution in [-0.4, -0.2) is 17.6 Å². The molecule has 24 heavy (non-hydrogen) atoms. The van der Waals surface area contributed by atoms with Crippen LogP contribution in [0.1, 0.15) is 37.6 Å². The van der Waals surface area contributed by atoms with E-state index in [1.54, 1.807) is 12.3 Å². The molecule has 0 fully saturated rings. The molecule has 2 rings (SSSR count). The van der Waals surface area contributed by atoms with Crippen LogP contribution in [0.5, 0.6) is 5.75 Å². The van der Waals surface area contributed by atoms with E-state index in [4.69, 9.17) is 4.74 Å². The Morgan fingerprint density at radius 1 is 1.29 bits per heavy atom. The molecule has 0 spiro atoms. The van der Waals surface area contributed by atoms with Crippen molar-refractivity contribution in [3.63, 3.8) is 0 Å². The lowest BCUT2D eigenvalue weighted by atomic mass is 10.1. The molecule has 0 saturated heterocycles. The van der Waals surface area contributed by atoms with Gasteiger partial charge < -0.3 is 15.4 Å². The Balaban J connectivity index is 2.04. The summed E-state index contributed by atoms with van der Waals surface area (Å²) in [5.74, 6) is -0.116. The first-order valence-corrected chi connectivity index (χ1v) is 7.95. The molecule has 2 aromatic rings. The number of amides is 2. The van der Waals surface area contributed by atoms with E-state index in [1.165, 1.54) is 12.1 Å².